The maximum Gasteiger partial charge on any atom is 0.335 e. The molecule has 0 aliphatic carbocycles. The van der Waals surface area contributed by atoms with Gasteiger partial charge in [-0.2, -0.15) is 0 Å². The van der Waals surface area contributed by atoms with Gasteiger partial charge in [0.15, 0.2) is 5.82 Å². The SMILES string of the molecule is Cc1ccc(C(=O)O)cc1N=Nc1c(C)nc2c(C)cccn12. The number of imidazole rings is 1. The molecular weight excluding hydrogens is 292 g/mol. The molecule has 0 radical (unpaired) electrons. The van der Waals surface area contributed by atoms with E-state index in [4.69, 9.17) is 5.11 Å². The Labute approximate surface area is 133 Å². The molecule has 2 heterocycles. The minimum absolute atomic E-state index is 0.190. The van der Waals surface area contributed by atoms with Crippen molar-refractivity contribution in [2.75, 3.05) is 0 Å². The summed E-state index contributed by atoms with van der Waals surface area (Å²) in [4.78, 5) is 15.6. The lowest BCUT2D eigenvalue weighted by atomic mass is 10.1. The number of rotatable bonds is 3. The highest BCUT2D eigenvalue weighted by molar-refractivity contribution is 5.88. The molecule has 1 aromatic carbocycles. The minimum atomic E-state index is -0.983. The van der Waals surface area contributed by atoms with Crippen LogP contribution in [0.1, 0.15) is 27.2 Å². The fraction of sp³-hybridized carbons (Fsp3) is 0.176. The summed E-state index contributed by atoms with van der Waals surface area (Å²) in [5.74, 6) is -0.341. The van der Waals surface area contributed by atoms with Crippen molar-refractivity contribution < 1.29 is 9.90 Å². The fourth-order valence-electron chi connectivity index (χ4n) is 2.38. The summed E-state index contributed by atoms with van der Waals surface area (Å²) < 4.78 is 1.88. The molecule has 0 aliphatic rings. The standard InChI is InChI=1S/C17H16N4O2/c1-10-6-7-13(17(22)23)9-14(10)19-20-16-12(3)18-15-11(2)5-4-8-21(15)16/h4-9H,1-3H3,(H,22,23). The van der Waals surface area contributed by atoms with E-state index in [-0.39, 0.29) is 5.56 Å². The second kappa shape index (κ2) is 5.64. The molecule has 0 atom stereocenters. The average molecular weight is 308 g/mol. The number of aromatic nitrogens is 2. The van der Waals surface area contributed by atoms with Gasteiger partial charge in [-0.1, -0.05) is 12.1 Å². The number of pyridine rings is 1. The first-order valence-corrected chi connectivity index (χ1v) is 7.17. The summed E-state index contributed by atoms with van der Waals surface area (Å²) in [6.07, 6.45) is 1.89. The van der Waals surface area contributed by atoms with E-state index >= 15 is 0 Å². The van der Waals surface area contributed by atoms with Crippen molar-refractivity contribution in [1.29, 1.82) is 0 Å². The molecule has 1 N–H and O–H groups in total. The van der Waals surface area contributed by atoms with Crippen molar-refractivity contribution in [3.8, 4) is 0 Å². The van der Waals surface area contributed by atoms with Crippen LogP contribution in [-0.2, 0) is 0 Å². The van der Waals surface area contributed by atoms with E-state index in [0.717, 1.165) is 22.5 Å². The molecular formula is C17H16N4O2. The molecule has 0 fully saturated rings. The maximum atomic E-state index is 11.1. The van der Waals surface area contributed by atoms with Gasteiger partial charge in [0.25, 0.3) is 0 Å². The van der Waals surface area contributed by atoms with E-state index < -0.39 is 5.97 Å². The maximum absolute atomic E-state index is 11.1. The van der Waals surface area contributed by atoms with Crippen molar-refractivity contribution in [2.24, 2.45) is 10.2 Å². The van der Waals surface area contributed by atoms with Crippen molar-refractivity contribution >= 4 is 23.1 Å². The van der Waals surface area contributed by atoms with Gasteiger partial charge >= 0.3 is 5.97 Å². The number of azo groups is 1. The van der Waals surface area contributed by atoms with Crippen molar-refractivity contribution in [2.45, 2.75) is 20.8 Å². The number of carbonyl (C=O) groups is 1. The lowest BCUT2D eigenvalue weighted by Gasteiger charge is -2.01. The molecule has 0 aliphatic heterocycles. The molecule has 6 heteroatoms. The van der Waals surface area contributed by atoms with Crippen LogP contribution >= 0.6 is 0 Å². The Kier molecular flexibility index (Phi) is 3.65. The van der Waals surface area contributed by atoms with Crippen LogP contribution in [0.2, 0.25) is 0 Å². The molecule has 0 saturated heterocycles. The van der Waals surface area contributed by atoms with Gasteiger partial charge in [0.1, 0.15) is 5.65 Å². The highest BCUT2D eigenvalue weighted by Gasteiger charge is 2.10. The Hall–Kier alpha value is -3.02. The minimum Gasteiger partial charge on any atom is -0.478 e. The molecule has 0 bridgehead atoms. The quantitative estimate of drug-likeness (QED) is 0.729. The van der Waals surface area contributed by atoms with Gasteiger partial charge in [-0.15, -0.1) is 10.2 Å². The normalized spacial score (nSPS) is 11.4. The van der Waals surface area contributed by atoms with Crippen molar-refractivity contribution in [3.63, 3.8) is 0 Å². The average Bonchev–Trinajstić information content (AvgIpc) is 2.83. The zero-order valence-corrected chi connectivity index (χ0v) is 13.1. The van der Waals surface area contributed by atoms with Crippen LogP contribution in [0.15, 0.2) is 46.8 Å². The summed E-state index contributed by atoms with van der Waals surface area (Å²) >= 11 is 0. The number of aryl methyl sites for hydroxylation is 3. The lowest BCUT2D eigenvalue weighted by Crippen LogP contribution is -1.95. The smallest absolute Gasteiger partial charge is 0.335 e. The third kappa shape index (κ3) is 2.70. The van der Waals surface area contributed by atoms with E-state index in [2.05, 4.69) is 15.2 Å². The molecule has 0 amide bonds. The van der Waals surface area contributed by atoms with E-state index in [1.54, 1.807) is 12.1 Å². The largest absolute Gasteiger partial charge is 0.478 e. The summed E-state index contributed by atoms with van der Waals surface area (Å²) in [5.41, 5.74) is 4.26. The predicted molar refractivity (Wildman–Crippen MR) is 87.0 cm³/mol. The molecule has 116 valence electrons. The van der Waals surface area contributed by atoms with Crippen LogP contribution in [0, 0.1) is 20.8 Å². The van der Waals surface area contributed by atoms with Gasteiger partial charge in [0.05, 0.1) is 16.9 Å². The molecule has 3 aromatic rings. The van der Waals surface area contributed by atoms with Crippen LogP contribution in [0.5, 0.6) is 0 Å². The molecule has 0 saturated carbocycles. The Morgan fingerprint density at radius 3 is 2.65 bits per heavy atom. The number of benzene rings is 1. The van der Waals surface area contributed by atoms with Gasteiger partial charge in [-0.25, -0.2) is 9.78 Å². The van der Waals surface area contributed by atoms with Gasteiger partial charge in [-0.3, -0.25) is 4.40 Å². The van der Waals surface area contributed by atoms with Gasteiger partial charge in [0.2, 0.25) is 0 Å². The first-order valence-electron chi connectivity index (χ1n) is 7.17. The van der Waals surface area contributed by atoms with Gasteiger partial charge in [0, 0.05) is 6.20 Å². The number of nitrogens with zero attached hydrogens (tertiary/aromatic N) is 4. The van der Waals surface area contributed by atoms with Crippen LogP contribution in [0.4, 0.5) is 11.5 Å². The highest BCUT2D eigenvalue weighted by Crippen LogP contribution is 2.27. The number of hydrogen-bond donors (Lipinski definition) is 1. The third-order valence-electron chi connectivity index (χ3n) is 3.70. The zero-order chi connectivity index (χ0) is 16.6. The Balaban J connectivity index is 2.07. The van der Waals surface area contributed by atoms with Crippen LogP contribution in [0.3, 0.4) is 0 Å². The summed E-state index contributed by atoms with van der Waals surface area (Å²) in [7, 11) is 0. The summed E-state index contributed by atoms with van der Waals surface area (Å²) in [6.45, 7) is 5.73. The van der Waals surface area contributed by atoms with Gasteiger partial charge in [-0.05, 0) is 50.1 Å². The second-order valence-electron chi connectivity index (χ2n) is 5.41. The van der Waals surface area contributed by atoms with Crippen LogP contribution < -0.4 is 0 Å². The van der Waals surface area contributed by atoms with Gasteiger partial charge < -0.3 is 5.11 Å². The predicted octanol–water partition coefficient (Wildman–Crippen LogP) is 4.37. The fourth-order valence-corrected chi connectivity index (χ4v) is 2.38. The van der Waals surface area contributed by atoms with E-state index in [1.165, 1.54) is 6.07 Å². The van der Waals surface area contributed by atoms with Crippen molar-refractivity contribution in [1.82, 2.24) is 9.38 Å². The van der Waals surface area contributed by atoms with Crippen LogP contribution in [0.25, 0.3) is 5.65 Å². The molecule has 2 aromatic heterocycles. The summed E-state index contributed by atoms with van der Waals surface area (Å²) in [5, 5.41) is 17.6. The number of fused-ring (bicyclic) bond motifs is 1. The third-order valence-corrected chi connectivity index (χ3v) is 3.70. The first-order chi connectivity index (χ1) is 11.0. The first kappa shape index (κ1) is 14.9. The Morgan fingerprint density at radius 1 is 1.13 bits per heavy atom. The monoisotopic (exact) mass is 308 g/mol. The number of aromatic carboxylic acids is 1. The molecule has 0 unspecified atom stereocenters. The lowest BCUT2D eigenvalue weighted by molar-refractivity contribution is 0.0697. The Bertz CT molecular complexity index is 941. The highest BCUT2D eigenvalue weighted by atomic mass is 16.4. The molecule has 23 heavy (non-hydrogen) atoms. The van der Waals surface area contributed by atoms with Crippen molar-refractivity contribution in [3.05, 3.63) is 58.9 Å². The second-order valence-corrected chi connectivity index (χ2v) is 5.41. The molecule has 3 rings (SSSR count). The van der Waals surface area contributed by atoms with E-state index in [1.807, 2.05) is 43.5 Å². The molecule has 6 nitrogen and oxygen atoms in total. The summed E-state index contributed by atoms with van der Waals surface area (Å²) in [6, 6.07) is 8.72. The number of carboxylic acid groups (broad SMARTS) is 1. The zero-order valence-electron chi connectivity index (χ0n) is 13.1. The number of carboxylic acids is 1. The van der Waals surface area contributed by atoms with Crippen LogP contribution in [-0.4, -0.2) is 20.5 Å². The topological polar surface area (TPSA) is 79.3 Å². The Morgan fingerprint density at radius 2 is 1.91 bits per heavy atom. The molecule has 0 spiro atoms. The van der Waals surface area contributed by atoms with E-state index in [0.29, 0.717) is 11.5 Å². The van der Waals surface area contributed by atoms with E-state index in [9.17, 15) is 4.79 Å². The number of hydrogen-bond acceptors (Lipinski definition) is 4.